The van der Waals surface area contributed by atoms with Crippen LogP contribution in [0.3, 0.4) is 0 Å². The Morgan fingerprint density at radius 2 is 2.11 bits per heavy atom. The molecular weight excluding hydrogens is 238 g/mol. The molecule has 0 saturated carbocycles. The minimum absolute atomic E-state index is 0.109. The lowest BCUT2D eigenvalue weighted by atomic mass is 10.2. The molecule has 0 bridgehead atoms. The predicted octanol–water partition coefficient (Wildman–Crippen LogP) is 3.29. The summed E-state index contributed by atoms with van der Waals surface area (Å²) in [4.78, 5) is 18.6. The molecule has 0 radical (unpaired) electrons. The van der Waals surface area contributed by atoms with E-state index in [9.17, 15) is 4.79 Å². The molecule has 0 spiro atoms. The first-order valence-corrected chi connectivity index (χ1v) is 6.70. The van der Waals surface area contributed by atoms with Crippen molar-refractivity contribution in [3.05, 3.63) is 46.8 Å². The summed E-state index contributed by atoms with van der Waals surface area (Å²) in [5, 5.41) is 0. The molecular formula is C15H25N3O. The second kappa shape index (κ2) is 9.14. The van der Waals surface area contributed by atoms with Crippen molar-refractivity contribution in [2.45, 2.75) is 47.1 Å². The summed E-state index contributed by atoms with van der Waals surface area (Å²) in [5.74, 6) is 0. The van der Waals surface area contributed by atoms with Gasteiger partial charge < -0.3 is 4.98 Å². The van der Waals surface area contributed by atoms with Crippen LogP contribution < -0.4 is 5.69 Å². The highest BCUT2D eigenvalue weighted by Crippen LogP contribution is 2.08. The predicted molar refractivity (Wildman–Crippen MR) is 83.0 cm³/mol. The molecule has 1 N–H and O–H groups in total. The highest BCUT2D eigenvalue weighted by atomic mass is 16.1. The van der Waals surface area contributed by atoms with Crippen LogP contribution in [0.25, 0.3) is 0 Å². The van der Waals surface area contributed by atoms with Crippen molar-refractivity contribution < 1.29 is 0 Å². The Kier molecular flexibility index (Phi) is 8.25. The molecule has 19 heavy (non-hydrogen) atoms. The number of H-pyrrole nitrogens is 1. The summed E-state index contributed by atoms with van der Waals surface area (Å²) < 4.78 is 1.72. The van der Waals surface area contributed by atoms with E-state index in [0.717, 1.165) is 29.8 Å². The van der Waals surface area contributed by atoms with Crippen LogP contribution in [0.15, 0.2) is 34.7 Å². The van der Waals surface area contributed by atoms with E-state index in [0.29, 0.717) is 6.54 Å². The van der Waals surface area contributed by atoms with Crippen LogP contribution >= 0.6 is 0 Å². The smallest absolute Gasteiger partial charge is 0.304 e. The molecule has 0 unspecified atom stereocenters. The third-order valence-electron chi connectivity index (χ3n) is 2.35. The normalized spacial score (nSPS) is 10.1. The SMILES string of the molecule is C=CN=Cc1[nH]c(=O)n(CC(=C)C)c1CCC.CC. The van der Waals surface area contributed by atoms with E-state index in [1.807, 2.05) is 20.8 Å². The second-order valence-electron chi connectivity index (χ2n) is 4.04. The summed E-state index contributed by atoms with van der Waals surface area (Å²) in [6, 6.07) is 0. The van der Waals surface area contributed by atoms with Crippen molar-refractivity contribution >= 4 is 6.21 Å². The first-order chi connectivity index (χ1) is 9.10. The lowest BCUT2D eigenvalue weighted by Crippen LogP contribution is -2.19. The molecule has 0 aliphatic heterocycles. The van der Waals surface area contributed by atoms with Gasteiger partial charge in [0.15, 0.2) is 0 Å². The highest BCUT2D eigenvalue weighted by molar-refractivity contribution is 5.79. The van der Waals surface area contributed by atoms with Crippen molar-refractivity contribution in [3.8, 4) is 0 Å². The van der Waals surface area contributed by atoms with Gasteiger partial charge in [-0.15, -0.1) is 0 Å². The molecule has 0 saturated heterocycles. The zero-order valence-electron chi connectivity index (χ0n) is 12.5. The minimum atomic E-state index is -0.109. The molecule has 4 heteroatoms. The van der Waals surface area contributed by atoms with E-state index in [1.54, 1.807) is 10.8 Å². The Bertz CT molecular complexity index is 492. The van der Waals surface area contributed by atoms with E-state index < -0.39 is 0 Å². The molecule has 106 valence electrons. The number of rotatable bonds is 6. The van der Waals surface area contributed by atoms with Crippen LogP contribution in [0, 0.1) is 0 Å². The van der Waals surface area contributed by atoms with Crippen molar-refractivity contribution in [2.75, 3.05) is 0 Å². The number of imidazole rings is 1. The number of aromatic amines is 1. The van der Waals surface area contributed by atoms with Crippen LogP contribution in [0.4, 0.5) is 0 Å². The van der Waals surface area contributed by atoms with E-state index in [2.05, 4.69) is 30.1 Å². The average Bonchev–Trinajstić information content (AvgIpc) is 2.67. The fourth-order valence-electron chi connectivity index (χ4n) is 1.70. The Hall–Kier alpha value is -1.84. The van der Waals surface area contributed by atoms with Crippen molar-refractivity contribution in [3.63, 3.8) is 0 Å². The number of nitrogens with one attached hydrogen (secondary N) is 1. The van der Waals surface area contributed by atoms with Gasteiger partial charge in [-0.3, -0.25) is 9.56 Å². The molecule has 1 aromatic heterocycles. The monoisotopic (exact) mass is 263 g/mol. The Labute approximate surface area is 115 Å². The largest absolute Gasteiger partial charge is 0.326 e. The van der Waals surface area contributed by atoms with Gasteiger partial charge in [-0.1, -0.05) is 45.9 Å². The number of allylic oxidation sites excluding steroid dienone is 1. The van der Waals surface area contributed by atoms with Gasteiger partial charge in [0.05, 0.1) is 11.9 Å². The standard InChI is InChI=1S/C13H19N3O.C2H6/c1-5-7-12-11(8-14-6-2)15-13(17)16(12)9-10(3)4;1-2/h6,8H,2-3,5,7,9H2,1,4H3,(H,15,17);1-2H3. The van der Waals surface area contributed by atoms with Crippen LogP contribution in [0.2, 0.25) is 0 Å². The van der Waals surface area contributed by atoms with Gasteiger partial charge in [0, 0.05) is 18.4 Å². The summed E-state index contributed by atoms with van der Waals surface area (Å²) in [6.07, 6.45) is 4.89. The number of hydrogen-bond acceptors (Lipinski definition) is 2. The van der Waals surface area contributed by atoms with Gasteiger partial charge in [0.2, 0.25) is 0 Å². The quantitative estimate of drug-likeness (QED) is 0.621. The molecule has 0 aromatic carbocycles. The van der Waals surface area contributed by atoms with E-state index >= 15 is 0 Å². The third kappa shape index (κ3) is 5.12. The van der Waals surface area contributed by atoms with Gasteiger partial charge in [-0.25, -0.2) is 4.79 Å². The molecule has 0 aliphatic rings. The Morgan fingerprint density at radius 3 is 2.58 bits per heavy atom. The number of aromatic nitrogens is 2. The Morgan fingerprint density at radius 1 is 1.47 bits per heavy atom. The first kappa shape index (κ1) is 17.2. The number of nitrogens with zero attached hydrogens (tertiary/aromatic N) is 2. The zero-order chi connectivity index (χ0) is 14.8. The maximum atomic E-state index is 11.8. The summed E-state index contributed by atoms with van der Waals surface area (Å²) in [5.41, 5.74) is 2.58. The summed E-state index contributed by atoms with van der Waals surface area (Å²) in [7, 11) is 0. The maximum Gasteiger partial charge on any atom is 0.326 e. The highest BCUT2D eigenvalue weighted by Gasteiger charge is 2.11. The van der Waals surface area contributed by atoms with E-state index in [1.165, 1.54) is 6.20 Å². The van der Waals surface area contributed by atoms with Crippen LogP contribution in [0.1, 0.15) is 45.5 Å². The third-order valence-corrected chi connectivity index (χ3v) is 2.35. The van der Waals surface area contributed by atoms with E-state index in [4.69, 9.17) is 0 Å². The topological polar surface area (TPSA) is 50.1 Å². The number of hydrogen-bond donors (Lipinski definition) is 1. The van der Waals surface area contributed by atoms with Crippen LogP contribution in [0.5, 0.6) is 0 Å². The Balaban J connectivity index is 0.00000154. The molecule has 0 amide bonds. The molecule has 1 heterocycles. The lowest BCUT2D eigenvalue weighted by Gasteiger charge is -2.06. The first-order valence-electron chi connectivity index (χ1n) is 6.70. The van der Waals surface area contributed by atoms with Crippen LogP contribution in [-0.4, -0.2) is 15.8 Å². The maximum absolute atomic E-state index is 11.8. The molecule has 1 aromatic rings. The minimum Gasteiger partial charge on any atom is -0.304 e. The van der Waals surface area contributed by atoms with Crippen molar-refractivity contribution in [1.82, 2.24) is 9.55 Å². The molecule has 0 fully saturated rings. The molecule has 1 rings (SSSR count). The fraction of sp³-hybridized carbons (Fsp3) is 0.467. The average molecular weight is 263 g/mol. The second-order valence-corrected chi connectivity index (χ2v) is 4.04. The van der Waals surface area contributed by atoms with Gasteiger partial charge >= 0.3 is 5.69 Å². The van der Waals surface area contributed by atoms with Gasteiger partial charge in [-0.05, 0) is 13.3 Å². The molecule has 0 aliphatic carbocycles. The van der Waals surface area contributed by atoms with Gasteiger partial charge in [0.1, 0.15) is 0 Å². The zero-order valence-corrected chi connectivity index (χ0v) is 12.5. The summed E-state index contributed by atoms with van der Waals surface area (Å²) in [6.45, 7) is 15.9. The number of aliphatic imine (C=N–C) groups is 1. The van der Waals surface area contributed by atoms with Crippen LogP contribution in [-0.2, 0) is 13.0 Å². The van der Waals surface area contributed by atoms with Gasteiger partial charge in [-0.2, -0.15) is 0 Å². The lowest BCUT2D eigenvalue weighted by molar-refractivity contribution is 0.692. The van der Waals surface area contributed by atoms with Crippen molar-refractivity contribution in [1.29, 1.82) is 0 Å². The van der Waals surface area contributed by atoms with E-state index in [-0.39, 0.29) is 5.69 Å². The van der Waals surface area contributed by atoms with Gasteiger partial charge in [0.25, 0.3) is 0 Å². The van der Waals surface area contributed by atoms with Crippen molar-refractivity contribution in [2.24, 2.45) is 4.99 Å². The molecule has 0 atom stereocenters. The molecule has 4 nitrogen and oxygen atoms in total. The fourth-order valence-corrected chi connectivity index (χ4v) is 1.70. The summed E-state index contributed by atoms with van der Waals surface area (Å²) >= 11 is 0.